The zero-order valence-corrected chi connectivity index (χ0v) is 14.4. The molecule has 7 nitrogen and oxygen atoms in total. The van der Waals surface area contributed by atoms with Crippen molar-refractivity contribution in [3.05, 3.63) is 35.8 Å². The maximum atomic E-state index is 11.8. The van der Waals surface area contributed by atoms with E-state index in [9.17, 15) is 15.2 Å². The van der Waals surface area contributed by atoms with E-state index in [-0.39, 0.29) is 30.3 Å². The molecule has 0 spiro atoms. The van der Waals surface area contributed by atoms with Crippen molar-refractivity contribution in [1.29, 1.82) is 5.26 Å². The number of amides is 1. The standard InChI is InChI=1S/C18H21N5O2/c1-22(11-17(25)20-12-7-8-12)10-16(24)13(9-19)18-21-14-5-3-4-6-15(14)23(18)2/h3-6,12,24H,7-8,10-11H2,1-2H3,(H,20,25)/b16-13-. The van der Waals surface area contributed by atoms with Crippen LogP contribution in [0.4, 0.5) is 0 Å². The van der Waals surface area contributed by atoms with Gasteiger partial charge in [-0.15, -0.1) is 0 Å². The summed E-state index contributed by atoms with van der Waals surface area (Å²) in [6.45, 7) is 0.270. The van der Waals surface area contributed by atoms with E-state index in [2.05, 4.69) is 10.3 Å². The molecule has 7 heteroatoms. The van der Waals surface area contributed by atoms with E-state index in [4.69, 9.17) is 0 Å². The normalized spacial score (nSPS) is 15.1. The lowest BCUT2D eigenvalue weighted by molar-refractivity contribution is -0.122. The van der Waals surface area contributed by atoms with Crippen molar-refractivity contribution in [2.45, 2.75) is 18.9 Å². The number of hydrogen-bond acceptors (Lipinski definition) is 5. The first kappa shape index (κ1) is 17.0. The van der Waals surface area contributed by atoms with E-state index in [1.165, 1.54) is 0 Å². The summed E-state index contributed by atoms with van der Waals surface area (Å²) in [6.07, 6.45) is 2.07. The Labute approximate surface area is 146 Å². The molecule has 1 heterocycles. The van der Waals surface area contributed by atoms with Crippen LogP contribution in [0.3, 0.4) is 0 Å². The van der Waals surface area contributed by atoms with Gasteiger partial charge < -0.3 is 15.0 Å². The number of nitrogens with zero attached hydrogens (tertiary/aromatic N) is 4. The lowest BCUT2D eigenvalue weighted by Gasteiger charge is -2.16. The maximum absolute atomic E-state index is 11.8. The number of aromatic nitrogens is 2. The maximum Gasteiger partial charge on any atom is 0.234 e. The van der Waals surface area contributed by atoms with Gasteiger partial charge in [-0.2, -0.15) is 5.26 Å². The van der Waals surface area contributed by atoms with Crippen molar-refractivity contribution in [3.63, 3.8) is 0 Å². The summed E-state index contributed by atoms with van der Waals surface area (Å²) in [4.78, 5) is 18.0. The van der Waals surface area contributed by atoms with Gasteiger partial charge in [0, 0.05) is 13.1 Å². The molecule has 0 atom stereocenters. The van der Waals surface area contributed by atoms with Crippen molar-refractivity contribution >= 4 is 22.5 Å². The molecular weight excluding hydrogens is 318 g/mol. The highest BCUT2D eigenvalue weighted by Crippen LogP contribution is 2.22. The molecule has 1 aromatic carbocycles. The summed E-state index contributed by atoms with van der Waals surface area (Å²) in [6, 6.07) is 9.89. The molecule has 1 aliphatic rings. The molecule has 1 saturated carbocycles. The van der Waals surface area contributed by atoms with Crippen LogP contribution in [0, 0.1) is 11.3 Å². The predicted octanol–water partition coefficient (Wildman–Crippen LogP) is 1.58. The van der Waals surface area contributed by atoms with Gasteiger partial charge in [-0.25, -0.2) is 4.98 Å². The highest BCUT2D eigenvalue weighted by atomic mass is 16.3. The number of nitriles is 1. The molecule has 1 amide bonds. The number of para-hydroxylation sites is 2. The fraction of sp³-hybridized carbons (Fsp3) is 0.389. The SMILES string of the molecule is CN(CC(=O)NC1CC1)C/C(O)=C(\C#N)c1nc2ccccc2n1C. The Morgan fingerprint density at radius 1 is 1.44 bits per heavy atom. The molecule has 1 aliphatic carbocycles. The van der Waals surface area contributed by atoms with E-state index in [0.29, 0.717) is 11.9 Å². The average molecular weight is 339 g/mol. The Morgan fingerprint density at radius 2 is 2.16 bits per heavy atom. The predicted molar refractivity (Wildman–Crippen MR) is 94.5 cm³/mol. The molecule has 1 aromatic heterocycles. The molecule has 3 rings (SSSR count). The van der Waals surface area contributed by atoms with Gasteiger partial charge in [-0.3, -0.25) is 9.69 Å². The Bertz CT molecular complexity index is 873. The first-order valence-electron chi connectivity index (χ1n) is 8.21. The van der Waals surface area contributed by atoms with Crippen LogP contribution in [0.15, 0.2) is 30.0 Å². The third kappa shape index (κ3) is 3.80. The molecule has 0 radical (unpaired) electrons. The van der Waals surface area contributed by atoms with Crippen LogP contribution in [0.1, 0.15) is 18.7 Å². The van der Waals surface area contributed by atoms with Crippen LogP contribution in [0.2, 0.25) is 0 Å². The molecule has 1 fully saturated rings. The van der Waals surface area contributed by atoms with Crippen LogP contribution in [-0.4, -0.2) is 51.6 Å². The minimum Gasteiger partial charge on any atom is -0.509 e. The van der Waals surface area contributed by atoms with E-state index in [0.717, 1.165) is 23.9 Å². The van der Waals surface area contributed by atoms with Crippen molar-refractivity contribution in [1.82, 2.24) is 19.8 Å². The van der Waals surface area contributed by atoms with Gasteiger partial charge in [0.25, 0.3) is 0 Å². The molecule has 0 saturated heterocycles. The van der Waals surface area contributed by atoms with Gasteiger partial charge >= 0.3 is 0 Å². The van der Waals surface area contributed by atoms with Gasteiger partial charge in [-0.05, 0) is 32.0 Å². The first-order chi connectivity index (χ1) is 12.0. The third-order valence-electron chi connectivity index (χ3n) is 4.19. The minimum atomic E-state index is -0.0948. The second-order valence-corrected chi connectivity index (χ2v) is 6.43. The number of aliphatic hydroxyl groups excluding tert-OH is 1. The highest BCUT2D eigenvalue weighted by Gasteiger charge is 2.24. The minimum absolute atomic E-state index is 0.0703. The van der Waals surface area contributed by atoms with Crippen molar-refractivity contribution in [2.75, 3.05) is 20.1 Å². The number of carbonyl (C=O) groups excluding carboxylic acids is 1. The van der Waals surface area contributed by atoms with Gasteiger partial charge in [0.1, 0.15) is 17.4 Å². The fourth-order valence-corrected chi connectivity index (χ4v) is 2.75. The first-order valence-corrected chi connectivity index (χ1v) is 8.21. The number of fused-ring (bicyclic) bond motifs is 1. The van der Waals surface area contributed by atoms with Gasteiger partial charge in [0.05, 0.1) is 24.1 Å². The van der Waals surface area contributed by atoms with E-state index < -0.39 is 0 Å². The summed E-state index contributed by atoms with van der Waals surface area (Å²) in [7, 11) is 3.54. The number of likely N-dealkylation sites (N-methyl/N-ethyl adjacent to an activating group) is 1. The Balaban J connectivity index is 1.78. The summed E-state index contributed by atoms with van der Waals surface area (Å²) < 4.78 is 1.78. The number of aryl methyl sites for hydroxylation is 1. The summed E-state index contributed by atoms with van der Waals surface area (Å²) in [5.74, 6) is 0.249. The number of rotatable bonds is 6. The largest absolute Gasteiger partial charge is 0.509 e. The second-order valence-electron chi connectivity index (χ2n) is 6.43. The third-order valence-corrected chi connectivity index (χ3v) is 4.19. The highest BCUT2D eigenvalue weighted by molar-refractivity contribution is 5.84. The Kier molecular flexibility index (Phi) is 4.72. The zero-order valence-electron chi connectivity index (χ0n) is 14.4. The van der Waals surface area contributed by atoms with Gasteiger partial charge in [0.2, 0.25) is 5.91 Å². The second kappa shape index (κ2) is 6.95. The molecule has 0 unspecified atom stereocenters. The molecule has 0 bridgehead atoms. The number of nitrogens with one attached hydrogen (secondary N) is 1. The summed E-state index contributed by atoms with van der Waals surface area (Å²) >= 11 is 0. The topological polar surface area (TPSA) is 94.2 Å². The number of hydrogen-bond donors (Lipinski definition) is 2. The van der Waals surface area contributed by atoms with Crippen molar-refractivity contribution in [3.8, 4) is 6.07 Å². The van der Waals surface area contributed by atoms with Crippen LogP contribution >= 0.6 is 0 Å². The lowest BCUT2D eigenvalue weighted by atomic mass is 10.2. The van der Waals surface area contributed by atoms with Crippen LogP contribution in [0.5, 0.6) is 0 Å². The van der Waals surface area contributed by atoms with Crippen molar-refractivity contribution in [2.24, 2.45) is 7.05 Å². The van der Waals surface area contributed by atoms with Gasteiger partial charge in [-0.1, -0.05) is 12.1 Å². The summed E-state index contributed by atoms with van der Waals surface area (Å²) in [5.41, 5.74) is 1.76. The van der Waals surface area contributed by atoms with E-state index >= 15 is 0 Å². The number of carbonyl (C=O) groups is 1. The lowest BCUT2D eigenvalue weighted by Crippen LogP contribution is -2.37. The number of aliphatic hydroxyl groups is 1. The summed E-state index contributed by atoms with van der Waals surface area (Å²) in [5, 5.41) is 22.8. The molecule has 0 aliphatic heterocycles. The Hall–Kier alpha value is -2.85. The fourth-order valence-electron chi connectivity index (χ4n) is 2.75. The number of allylic oxidation sites excluding steroid dienone is 1. The van der Waals surface area contributed by atoms with Crippen molar-refractivity contribution < 1.29 is 9.90 Å². The quantitative estimate of drug-likeness (QED) is 0.615. The molecule has 130 valence electrons. The monoisotopic (exact) mass is 339 g/mol. The zero-order chi connectivity index (χ0) is 18.0. The molecule has 25 heavy (non-hydrogen) atoms. The smallest absolute Gasteiger partial charge is 0.234 e. The van der Waals surface area contributed by atoms with E-state index in [1.54, 1.807) is 16.5 Å². The molecule has 2 N–H and O–H groups in total. The Morgan fingerprint density at radius 3 is 2.80 bits per heavy atom. The molecule has 2 aromatic rings. The van der Waals surface area contributed by atoms with E-state index in [1.807, 2.05) is 37.4 Å². The van der Waals surface area contributed by atoms with Crippen LogP contribution in [0.25, 0.3) is 16.6 Å². The number of imidazole rings is 1. The van der Waals surface area contributed by atoms with Crippen LogP contribution in [-0.2, 0) is 11.8 Å². The molecular formula is C18H21N5O2. The van der Waals surface area contributed by atoms with Gasteiger partial charge in [0.15, 0.2) is 5.82 Å². The number of benzene rings is 1. The van der Waals surface area contributed by atoms with Crippen LogP contribution < -0.4 is 5.32 Å². The average Bonchev–Trinajstić information content (AvgIpc) is 3.31.